The van der Waals surface area contributed by atoms with Crippen molar-refractivity contribution < 1.29 is 13.2 Å². The maximum atomic E-state index is 12.5. The Morgan fingerprint density at radius 2 is 2.00 bits per heavy atom. The Kier molecular flexibility index (Phi) is 6.20. The van der Waals surface area contributed by atoms with Gasteiger partial charge in [0.1, 0.15) is 6.29 Å². The number of allylic oxidation sites excluding steroid dienone is 1. The number of hydrogen-bond acceptors (Lipinski definition) is 3. The number of aldehydes is 1. The zero-order valence-corrected chi connectivity index (χ0v) is 12.3. The van der Waals surface area contributed by atoms with Crippen LogP contribution in [0.5, 0.6) is 0 Å². The topological polar surface area (TPSA) is 51.2 Å². The minimum atomic E-state index is -3.49. The predicted molar refractivity (Wildman–Crippen MR) is 79.9 cm³/mol. The molecule has 0 saturated heterocycles. The molecule has 4 heteroatoms. The molecule has 0 aliphatic rings. The molecule has 0 heterocycles. The van der Waals surface area contributed by atoms with Gasteiger partial charge in [0, 0.05) is 12.8 Å². The van der Waals surface area contributed by atoms with E-state index < -0.39 is 15.1 Å². The van der Waals surface area contributed by atoms with Gasteiger partial charge in [-0.1, -0.05) is 29.8 Å². The highest BCUT2D eigenvalue weighted by atomic mass is 32.2. The van der Waals surface area contributed by atoms with Crippen molar-refractivity contribution in [3.8, 4) is 12.3 Å². The average molecular weight is 290 g/mol. The Balaban J connectivity index is 3.08. The summed E-state index contributed by atoms with van der Waals surface area (Å²) < 4.78 is 25.0. The lowest BCUT2D eigenvalue weighted by atomic mass is 10.1. The lowest BCUT2D eigenvalue weighted by molar-refractivity contribution is -0.107. The fourth-order valence-electron chi connectivity index (χ4n) is 1.85. The SMILES string of the molecule is C#CCC(/C=C(\C)CCC=O)S(=O)(=O)c1ccccc1. The van der Waals surface area contributed by atoms with Crippen LogP contribution in [0.3, 0.4) is 0 Å². The highest BCUT2D eigenvalue weighted by Gasteiger charge is 2.24. The molecule has 0 N–H and O–H groups in total. The smallest absolute Gasteiger partial charge is 0.185 e. The van der Waals surface area contributed by atoms with Crippen LogP contribution in [-0.2, 0) is 14.6 Å². The van der Waals surface area contributed by atoms with Crippen LogP contribution in [0, 0.1) is 12.3 Å². The Labute approximate surface area is 120 Å². The number of rotatable bonds is 7. The second-order valence-electron chi connectivity index (χ2n) is 4.52. The van der Waals surface area contributed by atoms with Gasteiger partial charge in [0.2, 0.25) is 0 Å². The van der Waals surface area contributed by atoms with E-state index in [0.29, 0.717) is 12.8 Å². The van der Waals surface area contributed by atoms with Gasteiger partial charge in [-0.2, -0.15) is 0 Å². The number of sulfone groups is 1. The lowest BCUT2D eigenvalue weighted by Gasteiger charge is -2.13. The Morgan fingerprint density at radius 1 is 1.35 bits per heavy atom. The maximum absolute atomic E-state index is 12.5. The zero-order valence-electron chi connectivity index (χ0n) is 11.5. The molecule has 0 fully saturated rings. The normalized spacial score (nSPS) is 13.5. The molecular weight excluding hydrogens is 272 g/mol. The van der Waals surface area contributed by atoms with Crippen molar-refractivity contribution in [3.05, 3.63) is 42.0 Å². The molecule has 1 aromatic carbocycles. The van der Waals surface area contributed by atoms with E-state index in [1.807, 2.05) is 6.92 Å². The van der Waals surface area contributed by atoms with Gasteiger partial charge in [0.25, 0.3) is 0 Å². The van der Waals surface area contributed by atoms with Crippen LogP contribution in [0.1, 0.15) is 26.2 Å². The fraction of sp³-hybridized carbons (Fsp3) is 0.312. The molecule has 1 unspecified atom stereocenters. The quantitative estimate of drug-likeness (QED) is 0.441. The monoisotopic (exact) mass is 290 g/mol. The maximum Gasteiger partial charge on any atom is 0.185 e. The number of benzene rings is 1. The zero-order chi connectivity index (χ0) is 15.0. The number of carbonyl (C=O) groups is 1. The third-order valence-corrected chi connectivity index (χ3v) is 4.95. The van der Waals surface area contributed by atoms with Gasteiger partial charge in [0.05, 0.1) is 10.1 Å². The second-order valence-corrected chi connectivity index (χ2v) is 6.69. The third kappa shape index (κ3) is 4.36. The van der Waals surface area contributed by atoms with Crippen molar-refractivity contribution in [2.24, 2.45) is 0 Å². The van der Waals surface area contributed by atoms with Crippen molar-refractivity contribution in [2.75, 3.05) is 0 Å². The summed E-state index contributed by atoms with van der Waals surface area (Å²) in [7, 11) is -3.49. The summed E-state index contributed by atoms with van der Waals surface area (Å²) >= 11 is 0. The summed E-state index contributed by atoms with van der Waals surface area (Å²) in [5, 5.41) is -0.749. The molecule has 1 atom stereocenters. The van der Waals surface area contributed by atoms with Gasteiger partial charge < -0.3 is 4.79 Å². The summed E-state index contributed by atoms with van der Waals surface area (Å²) in [6, 6.07) is 8.26. The Morgan fingerprint density at radius 3 is 2.55 bits per heavy atom. The minimum Gasteiger partial charge on any atom is -0.303 e. The molecule has 0 amide bonds. The van der Waals surface area contributed by atoms with Crippen molar-refractivity contribution in [2.45, 2.75) is 36.3 Å². The van der Waals surface area contributed by atoms with Crippen molar-refractivity contribution in [1.82, 2.24) is 0 Å². The largest absolute Gasteiger partial charge is 0.303 e. The number of hydrogen-bond donors (Lipinski definition) is 0. The van der Waals surface area contributed by atoms with E-state index >= 15 is 0 Å². The molecule has 1 aromatic rings. The lowest BCUT2D eigenvalue weighted by Crippen LogP contribution is -2.19. The molecule has 0 spiro atoms. The van der Waals surface area contributed by atoms with Gasteiger partial charge in [-0.25, -0.2) is 8.42 Å². The van der Waals surface area contributed by atoms with Gasteiger partial charge in [0.15, 0.2) is 9.84 Å². The third-order valence-electron chi connectivity index (χ3n) is 2.92. The summed E-state index contributed by atoms with van der Waals surface area (Å²) in [6.45, 7) is 1.81. The summed E-state index contributed by atoms with van der Waals surface area (Å²) in [6.07, 6.45) is 8.81. The number of terminal acetylenes is 1. The van der Waals surface area contributed by atoms with Crippen molar-refractivity contribution >= 4 is 16.1 Å². The molecule has 20 heavy (non-hydrogen) atoms. The molecular formula is C16H18O3S. The van der Waals surface area contributed by atoms with Crippen molar-refractivity contribution in [1.29, 1.82) is 0 Å². The first-order chi connectivity index (χ1) is 9.52. The van der Waals surface area contributed by atoms with Crippen molar-refractivity contribution in [3.63, 3.8) is 0 Å². The Bertz CT molecular complexity index is 607. The molecule has 0 radical (unpaired) electrons. The first-order valence-electron chi connectivity index (χ1n) is 6.35. The first-order valence-corrected chi connectivity index (χ1v) is 7.90. The van der Waals surface area contributed by atoms with E-state index in [2.05, 4.69) is 5.92 Å². The molecule has 0 aromatic heterocycles. The summed E-state index contributed by atoms with van der Waals surface area (Å²) in [5.41, 5.74) is 0.858. The van der Waals surface area contributed by atoms with E-state index in [9.17, 15) is 13.2 Å². The standard InChI is InChI=1S/C16H18O3S/c1-3-8-16(13-14(2)9-7-12-17)20(18,19)15-10-5-4-6-11-15/h1,4-6,10-13,16H,7-9H2,2H3/b14-13+. The molecule has 106 valence electrons. The van der Waals surface area contributed by atoms with Gasteiger partial charge in [-0.05, 0) is 25.5 Å². The summed E-state index contributed by atoms with van der Waals surface area (Å²) in [4.78, 5) is 10.6. The van der Waals surface area contributed by atoms with E-state index in [4.69, 9.17) is 6.42 Å². The van der Waals surface area contributed by atoms with Gasteiger partial charge >= 0.3 is 0 Å². The van der Waals surface area contributed by atoms with Crippen LogP contribution in [-0.4, -0.2) is 20.0 Å². The van der Waals surface area contributed by atoms with Gasteiger partial charge in [-0.15, -0.1) is 12.3 Å². The van der Waals surface area contributed by atoms with Crippen LogP contribution in [0.15, 0.2) is 46.9 Å². The highest BCUT2D eigenvalue weighted by molar-refractivity contribution is 7.92. The second kappa shape index (κ2) is 7.66. The summed E-state index contributed by atoms with van der Waals surface area (Å²) in [5.74, 6) is 2.41. The van der Waals surface area contributed by atoms with E-state index in [0.717, 1.165) is 11.9 Å². The molecule has 0 saturated carbocycles. The van der Waals surface area contributed by atoms with Crippen LogP contribution in [0.4, 0.5) is 0 Å². The molecule has 3 nitrogen and oxygen atoms in total. The molecule has 0 aliphatic carbocycles. The minimum absolute atomic E-state index is 0.121. The number of carbonyl (C=O) groups excluding carboxylic acids is 1. The van der Waals surface area contributed by atoms with Crippen LogP contribution < -0.4 is 0 Å². The van der Waals surface area contributed by atoms with E-state index in [-0.39, 0.29) is 11.3 Å². The Hall–Kier alpha value is -1.86. The molecule has 0 bridgehead atoms. The highest BCUT2D eigenvalue weighted by Crippen LogP contribution is 2.21. The first kappa shape index (κ1) is 16.2. The van der Waals surface area contributed by atoms with Crippen LogP contribution in [0.2, 0.25) is 0 Å². The predicted octanol–water partition coefficient (Wildman–Crippen LogP) is 2.78. The van der Waals surface area contributed by atoms with E-state index in [1.165, 1.54) is 0 Å². The molecule has 1 rings (SSSR count). The average Bonchev–Trinajstić information content (AvgIpc) is 2.45. The molecule has 0 aliphatic heterocycles. The fourth-order valence-corrected chi connectivity index (χ4v) is 3.46. The van der Waals surface area contributed by atoms with Gasteiger partial charge in [-0.3, -0.25) is 0 Å². The van der Waals surface area contributed by atoms with Crippen LogP contribution in [0.25, 0.3) is 0 Å². The van der Waals surface area contributed by atoms with E-state index in [1.54, 1.807) is 36.4 Å². The van der Waals surface area contributed by atoms with Crippen LogP contribution >= 0.6 is 0 Å².